The highest BCUT2D eigenvalue weighted by Gasteiger charge is 2.43. The third-order valence-electron chi connectivity index (χ3n) is 7.48. The molecule has 0 aromatic carbocycles. The highest BCUT2D eigenvalue weighted by atomic mass is 15.3. The van der Waals surface area contributed by atoms with Gasteiger partial charge in [0.15, 0.2) is 0 Å². The Hall–Kier alpha value is -0.120. The molecule has 2 saturated heterocycles. The van der Waals surface area contributed by atoms with E-state index < -0.39 is 0 Å². The molecule has 3 rings (SSSR count). The van der Waals surface area contributed by atoms with Gasteiger partial charge in [0.2, 0.25) is 0 Å². The van der Waals surface area contributed by atoms with Gasteiger partial charge in [0.1, 0.15) is 0 Å². The number of rotatable bonds is 6. The molecule has 27 heavy (non-hydrogen) atoms. The largest absolute Gasteiger partial charge is 0.303 e. The van der Waals surface area contributed by atoms with Crippen LogP contribution in [0.4, 0.5) is 0 Å². The number of piperazine rings is 1. The van der Waals surface area contributed by atoms with Crippen molar-refractivity contribution in [3.8, 4) is 0 Å². The van der Waals surface area contributed by atoms with E-state index in [9.17, 15) is 0 Å². The Morgan fingerprint density at radius 3 is 1.85 bits per heavy atom. The summed E-state index contributed by atoms with van der Waals surface area (Å²) < 4.78 is 0. The molecule has 0 spiro atoms. The Balaban J connectivity index is 1.42. The summed E-state index contributed by atoms with van der Waals surface area (Å²) in [7, 11) is 0. The van der Waals surface area contributed by atoms with Crippen molar-refractivity contribution in [1.29, 1.82) is 0 Å². The van der Waals surface area contributed by atoms with Crippen LogP contribution in [0.2, 0.25) is 0 Å². The standard InChI is InChI=1S/C24H47N3/c1-21(2)19-24(11-12-24)20-25-13-7-5-9-23(10-6-8-14-25)27-17-15-26(16-18-27)22(3)4/h21-23H,5-20H2,1-4H3. The molecule has 0 N–H and O–H groups in total. The van der Waals surface area contributed by atoms with Crippen molar-refractivity contribution in [1.82, 2.24) is 14.7 Å². The van der Waals surface area contributed by atoms with Crippen LogP contribution in [0.25, 0.3) is 0 Å². The average molecular weight is 378 g/mol. The second kappa shape index (κ2) is 10.1. The van der Waals surface area contributed by atoms with Gasteiger partial charge in [0.25, 0.3) is 0 Å². The van der Waals surface area contributed by atoms with Crippen LogP contribution in [0.5, 0.6) is 0 Å². The van der Waals surface area contributed by atoms with E-state index in [0.29, 0.717) is 11.5 Å². The molecule has 3 aliphatic rings. The van der Waals surface area contributed by atoms with Crippen molar-refractivity contribution in [3.63, 3.8) is 0 Å². The molecule has 1 aliphatic carbocycles. The molecule has 2 heterocycles. The van der Waals surface area contributed by atoms with Crippen molar-refractivity contribution in [2.45, 2.75) is 97.6 Å². The molecule has 0 aromatic heterocycles. The van der Waals surface area contributed by atoms with Gasteiger partial charge in [-0.15, -0.1) is 0 Å². The average Bonchev–Trinajstić information content (AvgIpc) is 3.38. The Bertz CT molecular complexity index is 409. The Kier molecular flexibility index (Phi) is 8.05. The van der Waals surface area contributed by atoms with E-state index in [1.165, 1.54) is 104 Å². The molecule has 3 fully saturated rings. The van der Waals surface area contributed by atoms with Crippen molar-refractivity contribution in [2.24, 2.45) is 11.3 Å². The second-order valence-corrected chi connectivity index (χ2v) is 10.7. The van der Waals surface area contributed by atoms with Crippen molar-refractivity contribution in [2.75, 3.05) is 45.8 Å². The summed E-state index contributed by atoms with van der Waals surface area (Å²) in [6, 6.07) is 1.58. The van der Waals surface area contributed by atoms with Crippen LogP contribution < -0.4 is 0 Å². The lowest BCUT2D eigenvalue weighted by atomic mass is 9.93. The maximum absolute atomic E-state index is 2.84. The third-order valence-corrected chi connectivity index (χ3v) is 7.48. The van der Waals surface area contributed by atoms with Gasteiger partial charge < -0.3 is 4.90 Å². The SMILES string of the molecule is CC(C)CC1(CN2CCCCC(N3CCN(C(C)C)CC3)CCCC2)CC1. The van der Waals surface area contributed by atoms with Crippen molar-refractivity contribution < 1.29 is 0 Å². The first-order chi connectivity index (χ1) is 13.0. The van der Waals surface area contributed by atoms with Gasteiger partial charge in [-0.3, -0.25) is 9.80 Å². The van der Waals surface area contributed by atoms with Crippen LogP contribution in [0, 0.1) is 11.3 Å². The highest BCUT2D eigenvalue weighted by Crippen LogP contribution is 2.51. The van der Waals surface area contributed by atoms with E-state index in [1.807, 2.05) is 0 Å². The molecule has 158 valence electrons. The maximum Gasteiger partial charge on any atom is 0.0113 e. The van der Waals surface area contributed by atoms with Crippen LogP contribution in [-0.2, 0) is 0 Å². The first-order valence-corrected chi connectivity index (χ1v) is 12.2. The maximum atomic E-state index is 2.84. The Morgan fingerprint density at radius 2 is 1.37 bits per heavy atom. The van der Waals surface area contributed by atoms with Crippen LogP contribution in [-0.4, -0.2) is 72.6 Å². The molecule has 0 unspecified atom stereocenters. The topological polar surface area (TPSA) is 9.72 Å². The molecule has 0 atom stereocenters. The molecular formula is C24H47N3. The smallest absolute Gasteiger partial charge is 0.0113 e. The molecule has 0 amide bonds. The summed E-state index contributed by atoms with van der Waals surface area (Å²) in [6.45, 7) is 18.8. The molecule has 3 nitrogen and oxygen atoms in total. The molecule has 0 radical (unpaired) electrons. The van der Waals surface area contributed by atoms with Crippen molar-refractivity contribution in [3.05, 3.63) is 0 Å². The van der Waals surface area contributed by atoms with Crippen LogP contribution in [0.3, 0.4) is 0 Å². The highest BCUT2D eigenvalue weighted by molar-refractivity contribution is 4.96. The van der Waals surface area contributed by atoms with Gasteiger partial charge in [0, 0.05) is 44.8 Å². The van der Waals surface area contributed by atoms with Gasteiger partial charge in [-0.2, -0.15) is 0 Å². The molecule has 2 aliphatic heterocycles. The van der Waals surface area contributed by atoms with E-state index >= 15 is 0 Å². The van der Waals surface area contributed by atoms with E-state index in [0.717, 1.165) is 12.0 Å². The van der Waals surface area contributed by atoms with Gasteiger partial charge >= 0.3 is 0 Å². The molecule has 0 bridgehead atoms. The lowest BCUT2D eigenvalue weighted by Gasteiger charge is -2.41. The Morgan fingerprint density at radius 1 is 0.778 bits per heavy atom. The number of hydrogen-bond donors (Lipinski definition) is 0. The fourth-order valence-corrected chi connectivity index (χ4v) is 5.77. The summed E-state index contributed by atoms with van der Waals surface area (Å²) >= 11 is 0. The molecule has 0 aromatic rings. The van der Waals surface area contributed by atoms with Crippen LogP contribution >= 0.6 is 0 Å². The monoisotopic (exact) mass is 377 g/mol. The normalized spacial score (nSPS) is 27.3. The molecule has 3 heteroatoms. The van der Waals surface area contributed by atoms with Crippen LogP contribution in [0.1, 0.15) is 85.5 Å². The lowest BCUT2D eigenvalue weighted by molar-refractivity contribution is 0.0675. The second-order valence-electron chi connectivity index (χ2n) is 10.7. The fraction of sp³-hybridized carbons (Fsp3) is 1.00. The van der Waals surface area contributed by atoms with Gasteiger partial charge in [-0.25, -0.2) is 0 Å². The van der Waals surface area contributed by atoms with E-state index in [-0.39, 0.29) is 0 Å². The van der Waals surface area contributed by atoms with Crippen LogP contribution in [0.15, 0.2) is 0 Å². The first-order valence-electron chi connectivity index (χ1n) is 12.2. The fourth-order valence-electron chi connectivity index (χ4n) is 5.77. The lowest BCUT2D eigenvalue weighted by Crippen LogP contribution is -2.52. The van der Waals surface area contributed by atoms with E-state index in [1.54, 1.807) is 0 Å². The summed E-state index contributed by atoms with van der Waals surface area (Å²) in [5.74, 6) is 0.866. The number of nitrogens with zero attached hydrogens (tertiary/aromatic N) is 3. The minimum atomic E-state index is 0.705. The third kappa shape index (κ3) is 6.72. The van der Waals surface area contributed by atoms with E-state index in [2.05, 4.69) is 42.4 Å². The molecular weight excluding hydrogens is 330 g/mol. The van der Waals surface area contributed by atoms with E-state index in [4.69, 9.17) is 0 Å². The predicted octanol–water partition coefficient (Wildman–Crippen LogP) is 4.86. The number of hydrogen-bond acceptors (Lipinski definition) is 3. The van der Waals surface area contributed by atoms with Gasteiger partial charge in [0.05, 0.1) is 0 Å². The summed E-state index contributed by atoms with van der Waals surface area (Å²) in [5.41, 5.74) is 0.705. The quantitative estimate of drug-likeness (QED) is 0.654. The summed E-state index contributed by atoms with van der Waals surface area (Å²) in [5, 5.41) is 0. The van der Waals surface area contributed by atoms with Gasteiger partial charge in [-0.1, -0.05) is 26.7 Å². The Labute approximate surface area is 169 Å². The first kappa shape index (κ1) is 21.6. The van der Waals surface area contributed by atoms with Gasteiger partial charge in [-0.05, 0) is 83.2 Å². The summed E-state index contributed by atoms with van der Waals surface area (Å²) in [4.78, 5) is 8.33. The zero-order valence-electron chi connectivity index (χ0n) is 18.9. The summed E-state index contributed by atoms with van der Waals surface area (Å²) in [6.07, 6.45) is 13.0. The zero-order chi connectivity index (χ0) is 19.3. The molecule has 1 saturated carbocycles. The predicted molar refractivity (Wildman–Crippen MR) is 117 cm³/mol. The minimum Gasteiger partial charge on any atom is -0.303 e. The minimum absolute atomic E-state index is 0.705. The van der Waals surface area contributed by atoms with Crippen molar-refractivity contribution >= 4 is 0 Å². The zero-order valence-corrected chi connectivity index (χ0v) is 18.9.